The van der Waals surface area contributed by atoms with Crippen molar-refractivity contribution >= 4 is 22.6 Å². The number of rotatable bonds is 5. The number of amides is 1. The average Bonchev–Trinajstić information content (AvgIpc) is 3.07. The van der Waals surface area contributed by atoms with E-state index in [0.717, 1.165) is 44.8 Å². The number of aryl methyl sites for hydroxylation is 4. The third kappa shape index (κ3) is 3.65. The molecule has 0 saturated carbocycles. The Balaban J connectivity index is 1.58. The van der Waals surface area contributed by atoms with Crippen molar-refractivity contribution in [3.8, 4) is 0 Å². The quantitative estimate of drug-likeness (QED) is 0.540. The molecule has 1 amide bonds. The number of benzene rings is 1. The van der Waals surface area contributed by atoms with Gasteiger partial charge in [0.15, 0.2) is 11.3 Å². The van der Waals surface area contributed by atoms with E-state index >= 15 is 0 Å². The van der Waals surface area contributed by atoms with Crippen molar-refractivity contribution < 1.29 is 4.79 Å². The molecule has 0 saturated heterocycles. The second-order valence-corrected chi connectivity index (χ2v) is 7.98. The molecule has 4 rings (SSSR count). The highest BCUT2D eigenvalue weighted by molar-refractivity contribution is 5.93. The molecule has 0 fully saturated rings. The van der Waals surface area contributed by atoms with Gasteiger partial charge in [-0.3, -0.25) is 4.79 Å². The molecule has 0 bridgehead atoms. The lowest BCUT2D eigenvalue weighted by molar-refractivity contribution is -0.121. The first kappa shape index (κ1) is 20.0. The smallest absolute Gasteiger partial charge is 0.220 e. The maximum atomic E-state index is 12.5. The van der Waals surface area contributed by atoms with E-state index in [4.69, 9.17) is 10.1 Å². The molecule has 0 aliphatic rings. The van der Waals surface area contributed by atoms with E-state index in [2.05, 4.69) is 23.3 Å². The number of hydrogen-bond donors (Lipinski definition) is 1. The van der Waals surface area contributed by atoms with Crippen LogP contribution in [0.5, 0.6) is 0 Å². The SMILES string of the molecule is Cc1cc(C)c2c(n1)nn1c(C)c(CCC(=O)N[C@H](C)c3ccccc3)c(C)nc21. The zero-order valence-electron chi connectivity index (χ0n) is 18.2. The predicted molar refractivity (Wildman–Crippen MR) is 119 cm³/mol. The molecule has 0 aliphatic heterocycles. The van der Waals surface area contributed by atoms with E-state index in [1.165, 1.54) is 0 Å². The standard InChI is InChI=1S/C24H27N5O/c1-14-13-15(2)25-23-22(14)24-27-17(4)20(18(5)29(24)28-23)11-12-21(30)26-16(3)19-9-7-6-8-10-19/h6-10,13,16H,11-12H2,1-5H3,(H,26,30)/t16-/m1/s1. The summed E-state index contributed by atoms with van der Waals surface area (Å²) in [6, 6.07) is 12.0. The van der Waals surface area contributed by atoms with Gasteiger partial charge in [0.1, 0.15) is 0 Å². The summed E-state index contributed by atoms with van der Waals surface area (Å²) in [6.45, 7) is 10.1. The molecule has 0 aliphatic carbocycles. The van der Waals surface area contributed by atoms with Gasteiger partial charge in [-0.25, -0.2) is 14.5 Å². The highest BCUT2D eigenvalue weighted by atomic mass is 16.1. The molecule has 3 aromatic heterocycles. The van der Waals surface area contributed by atoms with E-state index in [1.807, 2.05) is 62.5 Å². The molecule has 0 spiro atoms. The summed E-state index contributed by atoms with van der Waals surface area (Å²) in [5, 5.41) is 8.78. The van der Waals surface area contributed by atoms with Crippen LogP contribution >= 0.6 is 0 Å². The van der Waals surface area contributed by atoms with Crippen LogP contribution in [0, 0.1) is 27.7 Å². The second-order valence-electron chi connectivity index (χ2n) is 7.98. The molecule has 1 aromatic carbocycles. The number of pyridine rings is 1. The van der Waals surface area contributed by atoms with Gasteiger partial charge in [-0.2, -0.15) is 0 Å². The van der Waals surface area contributed by atoms with Crippen molar-refractivity contribution in [3.05, 3.63) is 70.2 Å². The van der Waals surface area contributed by atoms with Gasteiger partial charge >= 0.3 is 0 Å². The number of hydrogen-bond acceptors (Lipinski definition) is 4. The van der Waals surface area contributed by atoms with Crippen LogP contribution in [0.1, 0.15) is 53.2 Å². The van der Waals surface area contributed by atoms with Crippen molar-refractivity contribution in [3.63, 3.8) is 0 Å². The maximum absolute atomic E-state index is 12.5. The van der Waals surface area contributed by atoms with Crippen molar-refractivity contribution in [2.45, 2.75) is 53.5 Å². The molecule has 6 nitrogen and oxygen atoms in total. The molecule has 1 N–H and O–H groups in total. The Bertz CT molecular complexity index is 1240. The largest absolute Gasteiger partial charge is 0.350 e. The second kappa shape index (κ2) is 7.86. The van der Waals surface area contributed by atoms with Crippen LogP contribution in [0.2, 0.25) is 0 Å². The molecule has 30 heavy (non-hydrogen) atoms. The zero-order chi connectivity index (χ0) is 21.4. The Hall–Kier alpha value is -3.28. The first-order valence-electron chi connectivity index (χ1n) is 10.3. The summed E-state index contributed by atoms with van der Waals surface area (Å²) in [5.74, 6) is 0.0315. The van der Waals surface area contributed by atoms with Crippen LogP contribution < -0.4 is 5.32 Å². The third-order valence-corrected chi connectivity index (χ3v) is 5.69. The number of aromatic nitrogens is 4. The van der Waals surface area contributed by atoms with Crippen LogP contribution in [0.3, 0.4) is 0 Å². The van der Waals surface area contributed by atoms with Gasteiger partial charge in [-0.1, -0.05) is 30.3 Å². The molecular weight excluding hydrogens is 374 g/mol. The highest BCUT2D eigenvalue weighted by Gasteiger charge is 2.18. The molecule has 3 heterocycles. The minimum Gasteiger partial charge on any atom is -0.350 e. The minimum atomic E-state index is -0.0183. The fourth-order valence-electron chi connectivity index (χ4n) is 4.11. The Kier molecular flexibility index (Phi) is 5.24. The van der Waals surface area contributed by atoms with Gasteiger partial charge < -0.3 is 5.32 Å². The first-order chi connectivity index (χ1) is 14.3. The number of carbonyl (C=O) groups excluding carboxylic acids is 1. The van der Waals surface area contributed by atoms with E-state index in [9.17, 15) is 4.79 Å². The van der Waals surface area contributed by atoms with Gasteiger partial charge in [-0.05, 0) is 63.8 Å². The first-order valence-corrected chi connectivity index (χ1v) is 10.3. The molecular formula is C24H27N5O. The minimum absolute atomic E-state index is 0.0183. The van der Waals surface area contributed by atoms with Crippen LogP contribution in [0.25, 0.3) is 16.7 Å². The number of fused-ring (bicyclic) bond motifs is 3. The lowest BCUT2D eigenvalue weighted by atomic mass is 10.0. The third-order valence-electron chi connectivity index (χ3n) is 5.69. The number of carbonyl (C=O) groups is 1. The van der Waals surface area contributed by atoms with Crippen molar-refractivity contribution in [2.75, 3.05) is 0 Å². The van der Waals surface area contributed by atoms with Gasteiger partial charge in [0.05, 0.1) is 11.4 Å². The molecule has 4 aromatic rings. The molecule has 0 radical (unpaired) electrons. The summed E-state index contributed by atoms with van der Waals surface area (Å²) in [7, 11) is 0. The highest BCUT2D eigenvalue weighted by Crippen LogP contribution is 2.25. The van der Waals surface area contributed by atoms with Crippen molar-refractivity contribution in [1.29, 1.82) is 0 Å². The van der Waals surface area contributed by atoms with Gasteiger partial charge in [0.2, 0.25) is 5.91 Å². The Morgan fingerprint density at radius 2 is 1.83 bits per heavy atom. The van der Waals surface area contributed by atoms with E-state index < -0.39 is 0 Å². The fourth-order valence-corrected chi connectivity index (χ4v) is 4.11. The lowest BCUT2D eigenvalue weighted by Gasteiger charge is -2.15. The maximum Gasteiger partial charge on any atom is 0.220 e. The van der Waals surface area contributed by atoms with Crippen molar-refractivity contribution in [1.82, 2.24) is 24.9 Å². The summed E-state index contributed by atoms with van der Waals surface area (Å²) < 4.78 is 1.87. The lowest BCUT2D eigenvalue weighted by Crippen LogP contribution is -2.27. The number of nitrogens with zero attached hydrogens (tertiary/aromatic N) is 4. The van der Waals surface area contributed by atoms with E-state index in [1.54, 1.807) is 0 Å². The van der Waals surface area contributed by atoms with Crippen molar-refractivity contribution in [2.24, 2.45) is 0 Å². The summed E-state index contributed by atoms with van der Waals surface area (Å²) in [5.41, 5.74) is 7.73. The predicted octanol–water partition coefficient (Wildman–Crippen LogP) is 4.32. The van der Waals surface area contributed by atoms with Crippen LogP contribution in [0.15, 0.2) is 36.4 Å². The van der Waals surface area contributed by atoms with Gasteiger partial charge in [-0.15, -0.1) is 5.10 Å². The summed E-state index contributed by atoms with van der Waals surface area (Å²) in [4.78, 5) is 21.9. The molecule has 1 atom stereocenters. The molecule has 154 valence electrons. The Morgan fingerprint density at radius 1 is 1.10 bits per heavy atom. The average molecular weight is 402 g/mol. The summed E-state index contributed by atoms with van der Waals surface area (Å²) in [6.07, 6.45) is 1.03. The Morgan fingerprint density at radius 3 is 2.57 bits per heavy atom. The number of nitrogens with one attached hydrogen (secondary N) is 1. The fraction of sp³-hybridized carbons (Fsp3) is 0.333. The summed E-state index contributed by atoms with van der Waals surface area (Å²) >= 11 is 0. The topological polar surface area (TPSA) is 72.2 Å². The van der Waals surface area contributed by atoms with Crippen LogP contribution in [-0.4, -0.2) is 25.5 Å². The van der Waals surface area contributed by atoms with Crippen LogP contribution in [0.4, 0.5) is 0 Å². The Labute approximate surface area is 176 Å². The normalized spacial score (nSPS) is 12.4. The van der Waals surface area contributed by atoms with E-state index in [0.29, 0.717) is 18.5 Å². The van der Waals surface area contributed by atoms with E-state index in [-0.39, 0.29) is 11.9 Å². The van der Waals surface area contributed by atoms with Crippen LogP contribution in [-0.2, 0) is 11.2 Å². The molecule has 6 heteroatoms. The zero-order valence-corrected chi connectivity index (χ0v) is 18.2. The monoisotopic (exact) mass is 401 g/mol. The van der Waals surface area contributed by atoms with Gasteiger partial charge in [0.25, 0.3) is 0 Å². The molecule has 0 unspecified atom stereocenters. The van der Waals surface area contributed by atoms with Gasteiger partial charge in [0, 0.05) is 23.5 Å².